The molecule has 6 heteroatoms. The van der Waals surface area contributed by atoms with Crippen molar-refractivity contribution in [1.82, 2.24) is 27.8 Å². The van der Waals surface area contributed by atoms with Crippen LogP contribution in [-0.2, 0) is 0 Å². The first-order valence-corrected chi connectivity index (χ1v) is 49.1. The lowest BCUT2D eigenvalue weighted by atomic mass is 9.91. The monoisotopic (exact) mass is 1820 g/mol. The minimum atomic E-state index is 0.946. The molecule has 0 spiro atoms. The fourth-order valence-corrected chi connectivity index (χ4v) is 22.8. The normalized spacial score (nSPS) is 11.8. The highest BCUT2D eigenvalue weighted by molar-refractivity contribution is 6.14. The molecular formula is C137H88N6. The van der Waals surface area contributed by atoms with Gasteiger partial charge in [0, 0.05) is 94.1 Å². The van der Waals surface area contributed by atoms with Gasteiger partial charge in [-0.1, -0.05) is 328 Å². The summed E-state index contributed by atoms with van der Waals surface area (Å²) in [6.07, 6.45) is 1.86. The van der Waals surface area contributed by atoms with E-state index >= 15 is 0 Å². The van der Waals surface area contributed by atoms with Crippen LogP contribution in [0.5, 0.6) is 0 Å². The Labute approximate surface area is 827 Å². The molecule has 0 saturated carbocycles. The van der Waals surface area contributed by atoms with Gasteiger partial charge in [-0.15, -0.1) is 0 Å². The van der Waals surface area contributed by atoms with Gasteiger partial charge in [-0.3, -0.25) is 4.98 Å². The standard InChI is InChI=1S/C137H88N6/c1-2-32-89(33-3-1)102-74-103(80-112(79-102)139-128-57-14-4-46-117(128)118-47-5-15-58-129(118)139)93-37-27-38-94(69-93)106-76-107(84-114(83-106)141-132-61-18-8-50-121(132)122-51-9-19-62-133(122)141)97-41-29-42-98(71-97)110-78-111(88-116(87-110)143-136-65-22-12-54-125(136)126-55-13-23-66-137(126)143)100-44-30-43-99(72-100)109-77-108(85-115(86-109)142-134-63-20-10-52-123(134)124-53-11-21-64-135(124)142)96-40-28-39-95(70-96)105-75-104(81-113(82-105)140-130-59-16-6-48-119(130)120-49-7-17-60-131(120)140)92-36-26-34-90(68-92)91-35-31-45-101(73-91)127-56-24-25-67-138-127/h1-88H. The number of hydrogen-bond donors (Lipinski definition) is 0. The van der Waals surface area contributed by atoms with Crippen LogP contribution in [0.1, 0.15) is 0 Å². The van der Waals surface area contributed by atoms with Crippen LogP contribution in [0.4, 0.5) is 0 Å². The van der Waals surface area contributed by atoms with Crippen molar-refractivity contribution in [2.45, 2.75) is 0 Å². The van der Waals surface area contributed by atoms with E-state index in [1.54, 1.807) is 0 Å². The average molecular weight is 1820 g/mol. The lowest BCUT2D eigenvalue weighted by molar-refractivity contribution is 1.18. The lowest BCUT2D eigenvalue weighted by Crippen LogP contribution is -1.97. The van der Waals surface area contributed by atoms with Crippen LogP contribution in [0.15, 0.2) is 534 Å². The molecule has 0 fully saturated rings. The third kappa shape index (κ3) is 14.3. The summed E-state index contributed by atoms with van der Waals surface area (Å²) in [6.45, 7) is 0. The lowest BCUT2D eigenvalue weighted by Gasteiger charge is -2.17. The second kappa shape index (κ2) is 34.0. The Kier molecular flexibility index (Phi) is 19.6. The molecule has 6 aromatic heterocycles. The van der Waals surface area contributed by atoms with E-state index in [4.69, 9.17) is 4.98 Å². The number of pyridine rings is 1. The molecule has 6 heterocycles. The van der Waals surface area contributed by atoms with Crippen molar-refractivity contribution >= 4 is 109 Å². The topological polar surface area (TPSA) is 37.5 Å². The summed E-state index contributed by atoms with van der Waals surface area (Å²) < 4.78 is 12.3. The van der Waals surface area contributed by atoms with Crippen LogP contribution >= 0.6 is 0 Å². The molecule has 0 aliphatic carbocycles. The minimum Gasteiger partial charge on any atom is -0.309 e. The van der Waals surface area contributed by atoms with Gasteiger partial charge in [-0.2, -0.15) is 0 Å². The molecule has 0 atom stereocenters. The van der Waals surface area contributed by atoms with E-state index in [1.165, 1.54) is 64.9 Å². The van der Waals surface area contributed by atoms with E-state index in [0.717, 1.165) is 206 Å². The minimum absolute atomic E-state index is 0.946. The number of aromatic nitrogens is 6. The molecule has 28 rings (SSSR count). The molecule has 0 aliphatic heterocycles. The fraction of sp³-hybridized carbons (Fsp3) is 0. The number of rotatable bonds is 17. The third-order valence-electron chi connectivity index (χ3n) is 29.4. The molecular weight excluding hydrogens is 1730 g/mol. The summed E-state index contributed by atoms with van der Waals surface area (Å²) in [5.41, 5.74) is 43.4. The van der Waals surface area contributed by atoms with Crippen molar-refractivity contribution in [2.24, 2.45) is 0 Å². The summed E-state index contributed by atoms with van der Waals surface area (Å²) in [4.78, 5) is 4.74. The SMILES string of the molecule is c1ccc(-c2cc(-c3cccc(-c4cc(-c5cccc(-c6cc(-c7cccc(-c8cc(-c9cccc(-c%10cc(-c%11cccc(-c%12cccc(-c%13ccccn%13)c%12)c%11)cc(-n%11c%12ccccc%12c%12ccccc%12%11)c%10)c9)cc(-n9c%10ccccc%10c%10ccccc%109)c8)c7)cc(-n7c8ccccc8c8ccccc87)c6)c5)cc(-n5c6ccccc6c6ccccc65)c4)c3)cc(-n3c4ccccc4c4ccccc43)c2)cc1. The van der Waals surface area contributed by atoms with Gasteiger partial charge in [0.15, 0.2) is 0 Å². The van der Waals surface area contributed by atoms with Crippen LogP contribution in [0.3, 0.4) is 0 Å². The van der Waals surface area contributed by atoms with Crippen molar-refractivity contribution in [2.75, 3.05) is 0 Å². The molecule has 0 amide bonds. The Hall–Kier alpha value is -19.0. The Balaban J connectivity index is 0.599. The van der Waals surface area contributed by atoms with Crippen LogP contribution in [0.2, 0.25) is 0 Å². The first-order valence-electron chi connectivity index (χ1n) is 49.1. The fourth-order valence-electron chi connectivity index (χ4n) is 22.8. The highest BCUT2D eigenvalue weighted by Gasteiger charge is 2.25. The molecule has 666 valence electrons. The number of nitrogens with zero attached hydrogens (tertiary/aromatic N) is 6. The maximum Gasteiger partial charge on any atom is 0.0702 e. The van der Waals surface area contributed by atoms with E-state index < -0.39 is 0 Å². The second-order valence-corrected chi connectivity index (χ2v) is 37.8. The van der Waals surface area contributed by atoms with E-state index in [-0.39, 0.29) is 0 Å². The van der Waals surface area contributed by atoms with Crippen LogP contribution < -0.4 is 0 Å². The van der Waals surface area contributed by atoms with Crippen LogP contribution in [0.25, 0.3) is 271 Å². The number of hydrogen-bond acceptors (Lipinski definition) is 1. The number of benzene rings is 22. The molecule has 143 heavy (non-hydrogen) atoms. The summed E-state index contributed by atoms with van der Waals surface area (Å²) in [5.74, 6) is 0. The van der Waals surface area contributed by atoms with Crippen LogP contribution in [-0.4, -0.2) is 27.8 Å². The number of fused-ring (bicyclic) bond motifs is 15. The Bertz CT molecular complexity index is 9670. The van der Waals surface area contributed by atoms with Gasteiger partial charge in [-0.05, 0) is 323 Å². The molecule has 0 saturated heterocycles. The van der Waals surface area contributed by atoms with Gasteiger partial charge in [0.25, 0.3) is 0 Å². The summed E-state index contributed by atoms with van der Waals surface area (Å²) in [7, 11) is 0. The first kappa shape index (κ1) is 82.3. The van der Waals surface area contributed by atoms with Crippen molar-refractivity contribution in [3.8, 4) is 162 Å². The average Bonchev–Trinajstić information content (AvgIpc) is 1.62. The van der Waals surface area contributed by atoms with Gasteiger partial charge >= 0.3 is 0 Å². The maximum absolute atomic E-state index is 4.74. The molecule has 22 aromatic carbocycles. The Morgan fingerprint density at radius 2 is 0.252 bits per heavy atom. The van der Waals surface area contributed by atoms with Gasteiger partial charge in [-0.25, -0.2) is 0 Å². The van der Waals surface area contributed by atoms with Crippen molar-refractivity contribution in [1.29, 1.82) is 0 Å². The second-order valence-electron chi connectivity index (χ2n) is 37.8. The highest BCUT2D eigenvalue weighted by Crippen LogP contribution is 2.47. The zero-order chi connectivity index (χ0) is 94.1. The molecule has 0 radical (unpaired) electrons. The first-order chi connectivity index (χ1) is 70.8. The van der Waals surface area contributed by atoms with Crippen molar-refractivity contribution in [3.05, 3.63) is 534 Å². The van der Waals surface area contributed by atoms with Crippen molar-refractivity contribution in [3.63, 3.8) is 0 Å². The summed E-state index contributed by atoms with van der Waals surface area (Å²) >= 11 is 0. The largest absolute Gasteiger partial charge is 0.309 e. The van der Waals surface area contributed by atoms with E-state index in [9.17, 15) is 0 Å². The Morgan fingerprint density at radius 1 is 0.105 bits per heavy atom. The molecule has 28 aromatic rings. The maximum atomic E-state index is 4.74. The smallest absolute Gasteiger partial charge is 0.0702 e. The third-order valence-corrected chi connectivity index (χ3v) is 29.4. The molecule has 0 bridgehead atoms. The quantitative estimate of drug-likeness (QED) is 0.0895. The van der Waals surface area contributed by atoms with E-state index in [2.05, 4.69) is 545 Å². The van der Waals surface area contributed by atoms with E-state index in [1.807, 2.05) is 12.3 Å². The predicted molar refractivity (Wildman–Crippen MR) is 601 cm³/mol. The van der Waals surface area contributed by atoms with Gasteiger partial charge in [0.1, 0.15) is 0 Å². The van der Waals surface area contributed by atoms with Gasteiger partial charge in [0.2, 0.25) is 0 Å². The Morgan fingerprint density at radius 3 is 0.448 bits per heavy atom. The summed E-state index contributed by atoms with van der Waals surface area (Å²) in [6, 6.07) is 196. The summed E-state index contributed by atoms with van der Waals surface area (Å²) in [5, 5.41) is 12.1. The zero-order valence-corrected chi connectivity index (χ0v) is 78.0. The number of para-hydroxylation sites is 10. The van der Waals surface area contributed by atoms with Gasteiger partial charge in [0.05, 0.1) is 60.9 Å². The molecule has 0 unspecified atom stereocenters. The molecule has 0 N–H and O–H groups in total. The van der Waals surface area contributed by atoms with Gasteiger partial charge < -0.3 is 22.8 Å². The zero-order valence-electron chi connectivity index (χ0n) is 78.0. The predicted octanol–water partition coefficient (Wildman–Crippen LogP) is 36.6. The molecule has 6 nitrogen and oxygen atoms in total. The molecule has 0 aliphatic rings. The van der Waals surface area contributed by atoms with E-state index in [0.29, 0.717) is 0 Å². The highest BCUT2D eigenvalue weighted by atomic mass is 15.0. The van der Waals surface area contributed by atoms with Crippen LogP contribution in [0, 0.1) is 0 Å². The van der Waals surface area contributed by atoms with Crippen molar-refractivity contribution < 1.29 is 0 Å².